The van der Waals surface area contributed by atoms with Crippen LogP contribution >= 0.6 is 0 Å². The molecule has 2 unspecified atom stereocenters. The molecule has 0 radical (unpaired) electrons. The number of carbonyl (C=O) groups excluding carboxylic acids is 2. The Hall–Kier alpha value is -3.48. The average Bonchev–Trinajstić information content (AvgIpc) is 3.40. The number of esters is 1. The summed E-state index contributed by atoms with van der Waals surface area (Å²) >= 11 is 0. The molecule has 2 heterocycles. The van der Waals surface area contributed by atoms with Gasteiger partial charge in [0.05, 0.1) is 17.6 Å². The first kappa shape index (κ1) is 18.9. The zero-order chi connectivity index (χ0) is 20.2. The Morgan fingerprint density at radius 1 is 1.14 bits per heavy atom. The first-order chi connectivity index (χ1) is 14.1. The van der Waals surface area contributed by atoms with Gasteiger partial charge in [0.25, 0.3) is 0 Å². The predicted octanol–water partition coefficient (Wildman–Crippen LogP) is 2.92. The minimum absolute atomic E-state index is 0.0163. The third-order valence-electron chi connectivity index (χ3n) is 5.14. The Balaban J connectivity index is 1.34. The van der Waals surface area contributed by atoms with Gasteiger partial charge < -0.3 is 9.64 Å². The summed E-state index contributed by atoms with van der Waals surface area (Å²) in [7, 11) is 0. The van der Waals surface area contributed by atoms with E-state index in [1.807, 2.05) is 67.6 Å². The molecule has 1 aromatic heterocycles. The highest BCUT2D eigenvalue weighted by Gasteiger charge is 2.38. The fraction of sp³-hybridized carbons (Fsp3) is 0.273. The molecule has 3 aromatic rings. The summed E-state index contributed by atoms with van der Waals surface area (Å²) in [6, 6.07) is 19.3. The van der Waals surface area contributed by atoms with Gasteiger partial charge in [-0.25, -0.2) is 9.67 Å². The molecular weight excluding hydrogens is 368 g/mol. The van der Waals surface area contributed by atoms with E-state index in [4.69, 9.17) is 4.74 Å². The van der Waals surface area contributed by atoms with E-state index in [1.54, 1.807) is 15.9 Å². The maximum Gasteiger partial charge on any atom is 0.311 e. The van der Waals surface area contributed by atoms with Crippen LogP contribution in [0.3, 0.4) is 0 Å². The third-order valence-corrected chi connectivity index (χ3v) is 5.14. The predicted molar refractivity (Wildman–Crippen MR) is 106 cm³/mol. The van der Waals surface area contributed by atoms with Gasteiger partial charge >= 0.3 is 5.97 Å². The maximum absolute atomic E-state index is 12.5. The molecule has 1 amide bonds. The molecule has 148 valence electrons. The molecule has 1 saturated heterocycles. The zero-order valence-electron chi connectivity index (χ0n) is 16.1. The van der Waals surface area contributed by atoms with Crippen LogP contribution in [0.25, 0.3) is 5.69 Å². The minimum atomic E-state index is -0.468. The van der Waals surface area contributed by atoms with Crippen molar-refractivity contribution in [3.63, 3.8) is 0 Å². The van der Waals surface area contributed by atoms with Crippen LogP contribution in [-0.2, 0) is 20.9 Å². The lowest BCUT2D eigenvalue weighted by molar-refractivity contribution is -0.150. The van der Waals surface area contributed by atoms with Crippen molar-refractivity contribution in [2.75, 3.05) is 6.54 Å². The normalized spacial score (nSPS) is 17.3. The lowest BCUT2D eigenvalue weighted by atomic mass is 10.1. The van der Waals surface area contributed by atoms with E-state index in [-0.39, 0.29) is 25.0 Å². The van der Waals surface area contributed by atoms with Gasteiger partial charge in [0.15, 0.2) is 12.4 Å². The second-order valence-corrected chi connectivity index (χ2v) is 7.08. The highest BCUT2D eigenvalue weighted by molar-refractivity contribution is 5.87. The van der Waals surface area contributed by atoms with Gasteiger partial charge in [0.1, 0.15) is 6.33 Å². The van der Waals surface area contributed by atoms with Crippen molar-refractivity contribution in [2.24, 2.45) is 5.92 Å². The van der Waals surface area contributed by atoms with Gasteiger partial charge in [-0.2, -0.15) is 0 Å². The van der Waals surface area contributed by atoms with Gasteiger partial charge in [0.2, 0.25) is 5.91 Å². The lowest BCUT2D eigenvalue weighted by Crippen LogP contribution is -2.29. The topological polar surface area (TPSA) is 77.3 Å². The highest BCUT2D eigenvalue weighted by atomic mass is 16.5. The molecular formula is C22H22N4O3. The fourth-order valence-electron chi connectivity index (χ4n) is 3.50. The van der Waals surface area contributed by atoms with Crippen molar-refractivity contribution in [3.05, 3.63) is 78.4 Å². The van der Waals surface area contributed by atoms with Crippen LogP contribution in [0.2, 0.25) is 0 Å². The van der Waals surface area contributed by atoms with E-state index in [9.17, 15) is 9.59 Å². The minimum Gasteiger partial charge on any atom is -0.457 e. The number of likely N-dealkylation sites (tertiary alicyclic amines) is 1. The van der Waals surface area contributed by atoms with E-state index >= 15 is 0 Å². The largest absolute Gasteiger partial charge is 0.457 e. The summed E-state index contributed by atoms with van der Waals surface area (Å²) in [5.74, 6) is -0.474. The Morgan fingerprint density at radius 2 is 1.83 bits per heavy atom. The van der Waals surface area contributed by atoms with Crippen LogP contribution in [0.5, 0.6) is 0 Å². The number of benzene rings is 2. The van der Waals surface area contributed by atoms with Crippen LogP contribution in [0.15, 0.2) is 67.0 Å². The van der Waals surface area contributed by atoms with Gasteiger partial charge in [-0.05, 0) is 24.6 Å². The Labute approximate surface area is 168 Å². The molecule has 0 aliphatic carbocycles. The number of nitrogens with zero attached hydrogens (tertiary/aromatic N) is 4. The average molecular weight is 390 g/mol. The maximum atomic E-state index is 12.5. The van der Waals surface area contributed by atoms with Crippen molar-refractivity contribution in [2.45, 2.75) is 26.0 Å². The van der Waals surface area contributed by atoms with Gasteiger partial charge in [-0.15, -0.1) is 5.10 Å². The van der Waals surface area contributed by atoms with Crippen LogP contribution in [0.4, 0.5) is 0 Å². The molecule has 0 saturated carbocycles. The summed E-state index contributed by atoms with van der Waals surface area (Å²) in [6.07, 6.45) is 1.75. The second-order valence-electron chi connectivity index (χ2n) is 7.08. The van der Waals surface area contributed by atoms with E-state index in [2.05, 4.69) is 10.1 Å². The highest BCUT2D eigenvalue weighted by Crippen LogP contribution is 2.29. The van der Waals surface area contributed by atoms with E-state index < -0.39 is 11.9 Å². The molecule has 0 bridgehead atoms. The molecule has 2 aromatic carbocycles. The molecule has 29 heavy (non-hydrogen) atoms. The molecule has 7 heteroatoms. The van der Waals surface area contributed by atoms with E-state index in [1.165, 1.54) is 0 Å². The number of rotatable bonds is 6. The summed E-state index contributed by atoms with van der Waals surface area (Å²) in [5, 5.41) is 4.33. The van der Waals surface area contributed by atoms with Crippen molar-refractivity contribution in [1.82, 2.24) is 19.7 Å². The van der Waals surface area contributed by atoms with E-state index in [0.717, 1.165) is 11.3 Å². The summed E-state index contributed by atoms with van der Waals surface area (Å²) < 4.78 is 7.02. The molecule has 0 spiro atoms. The number of aromatic nitrogens is 3. The standard InChI is InChI=1S/C22H22N4O3/c1-16(17-8-4-2-5-9-17)25-13-18(12-21(25)27)22(28)29-14-20-23-15-26(24-20)19-10-6-3-7-11-19/h2-11,15-16,18H,12-14H2,1H3. The molecule has 1 aliphatic heterocycles. The van der Waals surface area contributed by atoms with Crippen LogP contribution in [0.1, 0.15) is 30.8 Å². The molecule has 0 N–H and O–H groups in total. The molecule has 7 nitrogen and oxygen atoms in total. The molecule has 1 fully saturated rings. The Morgan fingerprint density at radius 3 is 2.55 bits per heavy atom. The zero-order valence-corrected chi connectivity index (χ0v) is 16.1. The van der Waals surface area contributed by atoms with Crippen molar-refractivity contribution < 1.29 is 14.3 Å². The van der Waals surface area contributed by atoms with Crippen molar-refractivity contribution in [3.8, 4) is 5.69 Å². The summed E-state index contributed by atoms with van der Waals surface area (Å²) in [4.78, 5) is 30.8. The second kappa shape index (κ2) is 8.26. The monoisotopic (exact) mass is 390 g/mol. The fourth-order valence-corrected chi connectivity index (χ4v) is 3.50. The third kappa shape index (κ3) is 4.18. The quantitative estimate of drug-likeness (QED) is 0.605. The van der Waals surface area contributed by atoms with E-state index in [0.29, 0.717) is 12.4 Å². The van der Waals surface area contributed by atoms with Crippen molar-refractivity contribution in [1.29, 1.82) is 0 Å². The number of ether oxygens (including phenoxy) is 1. The van der Waals surface area contributed by atoms with Gasteiger partial charge in [-0.3, -0.25) is 9.59 Å². The van der Waals surface area contributed by atoms with Crippen molar-refractivity contribution >= 4 is 11.9 Å². The Bertz CT molecular complexity index is 988. The van der Waals surface area contributed by atoms with Gasteiger partial charge in [0, 0.05) is 13.0 Å². The summed E-state index contributed by atoms with van der Waals surface area (Å²) in [6.45, 7) is 2.32. The number of hydrogen-bond acceptors (Lipinski definition) is 5. The Kier molecular flexibility index (Phi) is 5.37. The van der Waals surface area contributed by atoms with Crippen LogP contribution in [0, 0.1) is 5.92 Å². The first-order valence-electron chi connectivity index (χ1n) is 9.59. The molecule has 4 rings (SSSR count). The smallest absolute Gasteiger partial charge is 0.311 e. The molecule has 2 atom stereocenters. The van der Waals surface area contributed by atoms with Crippen LogP contribution < -0.4 is 0 Å². The van der Waals surface area contributed by atoms with Gasteiger partial charge in [-0.1, -0.05) is 48.5 Å². The molecule has 1 aliphatic rings. The number of hydrogen-bond donors (Lipinski definition) is 0. The summed E-state index contributed by atoms with van der Waals surface area (Å²) in [5.41, 5.74) is 1.93. The number of carbonyl (C=O) groups is 2. The number of para-hydroxylation sites is 1. The SMILES string of the molecule is CC(c1ccccc1)N1CC(C(=O)OCc2ncn(-c3ccccc3)n2)CC1=O. The first-order valence-corrected chi connectivity index (χ1v) is 9.59. The lowest BCUT2D eigenvalue weighted by Gasteiger charge is -2.25. The number of amides is 1. The van der Waals surface area contributed by atoms with Crippen LogP contribution in [-0.4, -0.2) is 38.1 Å².